The summed E-state index contributed by atoms with van der Waals surface area (Å²) >= 11 is 0. The summed E-state index contributed by atoms with van der Waals surface area (Å²) in [6, 6.07) is 14.3. The molecule has 5 heteroatoms. The molecule has 5 nitrogen and oxygen atoms in total. The number of carbonyl (C=O) groups excluding carboxylic acids is 1. The molecule has 1 aliphatic heterocycles. The number of ether oxygens (including phenoxy) is 3. The Balaban J connectivity index is 1.50. The largest absolute Gasteiger partial charge is 0.490 e. The highest BCUT2D eigenvalue weighted by atomic mass is 16.5. The molecule has 1 fully saturated rings. The minimum Gasteiger partial charge on any atom is -0.490 e. The monoisotopic (exact) mass is 437 g/mol. The number of hydrogen-bond donors (Lipinski definition) is 0. The molecule has 1 aliphatic carbocycles. The summed E-state index contributed by atoms with van der Waals surface area (Å²) in [7, 11) is 2.22. The predicted octanol–water partition coefficient (Wildman–Crippen LogP) is 5.10. The van der Waals surface area contributed by atoms with E-state index >= 15 is 0 Å². The van der Waals surface area contributed by atoms with E-state index in [2.05, 4.69) is 24.1 Å². The minimum absolute atomic E-state index is 0.0304. The van der Waals surface area contributed by atoms with Crippen molar-refractivity contribution in [1.82, 2.24) is 4.90 Å². The molecule has 0 amide bonds. The van der Waals surface area contributed by atoms with Crippen molar-refractivity contribution in [2.24, 2.45) is 5.92 Å². The molecule has 0 N–H and O–H groups in total. The summed E-state index contributed by atoms with van der Waals surface area (Å²) in [5.74, 6) is 1.57. The van der Waals surface area contributed by atoms with Gasteiger partial charge in [0, 0.05) is 12.1 Å². The van der Waals surface area contributed by atoms with Crippen LogP contribution in [0.1, 0.15) is 56.2 Å². The molecule has 2 aromatic carbocycles. The Hall–Kier alpha value is -2.53. The third-order valence-corrected chi connectivity index (χ3v) is 7.09. The van der Waals surface area contributed by atoms with Gasteiger partial charge in [-0.05, 0) is 81.8 Å². The van der Waals surface area contributed by atoms with Crippen LogP contribution in [0.2, 0.25) is 0 Å². The molecule has 0 aromatic heterocycles. The van der Waals surface area contributed by atoms with Crippen molar-refractivity contribution in [2.75, 3.05) is 26.8 Å². The Morgan fingerprint density at radius 3 is 2.34 bits per heavy atom. The number of rotatable bonds is 7. The van der Waals surface area contributed by atoms with Crippen LogP contribution < -0.4 is 9.47 Å². The molecule has 32 heavy (non-hydrogen) atoms. The van der Waals surface area contributed by atoms with E-state index in [1.165, 1.54) is 11.1 Å². The average molecular weight is 438 g/mol. The first-order chi connectivity index (χ1) is 15.6. The van der Waals surface area contributed by atoms with Gasteiger partial charge in [0.25, 0.3) is 0 Å². The van der Waals surface area contributed by atoms with Crippen LogP contribution in [0.4, 0.5) is 0 Å². The van der Waals surface area contributed by atoms with E-state index in [0.717, 1.165) is 55.7 Å². The van der Waals surface area contributed by atoms with E-state index in [1.807, 2.05) is 44.2 Å². The van der Waals surface area contributed by atoms with Gasteiger partial charge in [0.2, 0.25) is 0 Å². The smallest absolute Gasteiger partial charge is 0.309 e. The van der Waals surface area contributed by atoms with E-state index in [-0.39, 0.29) is 17.4 Å². The normalized spacial score (nSPS) is 22.9. The quantitative estimate of drug-likeness (QED) is 0.564. The van der Waals surface area contributed by atoms with Gasteiger partial charge in [0.05, 0.1) is 19.1 Å². The lowest BCUT2D eigenvalue weighted by molar-refractivity contribution is -0.152. The first-order valence-electron chi connectivity index (χ1n) is 11.9. The Morgan fingerprint density at radius 2 is 1.69 bits per heavy atom. The van der Waals surface area contributed by atoms with Gasteiger partial charge >= 0.3 is 5.97 Å². The first kappa shape index (κ1) is 22.7. The fourth-order valence-electron chi connectivity index (χ4n) is 5.32. The summed E-state index contributed by atoms with van der Waals surface area (Å²) in [6.45, 7) is 6.59. The van der Waals surface area contributed by atoms with E-state index in [0.29, 0.717) is 19.8 Å². The van der Waals surface area contributed by atoms with Crippen molar-refractivity contribution >= 4 is 5.97 Å². The highest BCUT2D eigenvalue weighted by molar-refractivity contribution is 5.72. The molecule has 0 saturated heterocycles. The maximum absolute atomic E-state index is 12.8. The second-order valence-electron chi connectivity index (χ2n) is 8.89. The fraction of sp³-hybridized carbons (Fsp3) is 0.519. The number of carbonyl (C=O) groups is 1. The van der Waals surface area contributed by atoms with Crippen LogP contribution in [0.15, 0.2) is 42.5 Å². The molecule has 2 aliphatic rings. The third-order valence-electron chi connectivity index (χ3n) is 7.09. The summed E-state index contributed by atoms with van der Waals surface area (Å²) in [5.41, 5.74) is 3.66. The van der Waals surface area contributed by atoms with Crippen LogP contribution >= 0.6 is 0 Å². The number of esters is 1. The summed E-state index contributed by atoms with van der Waals surface area (Å²) in [6.07, 6.45) is 4.58. The topological polar surface area (TPSA) is 48.0 Å². The van der Waals surface area contributed by atoms with Gasteiger partial charge < -0.3 is 14.2 Å². The second-order valence-corrected chi connectivity index (χ2v) is 8.89. The molecule has 1 saturated carbocycles. The Kier molecular flexibility index (Phi) is 7.04. The van der Waals surface area contributed by atoms with Crippen molar-refractivity contribution in [3.8, 4) is 11.5 Å². The number of likely N-dealkylation sites (N-methyl/N-ethyl adjacent to an activating group) is 1. The van der Waals surface area contributed by atoms with Crippen LogP contribution in [0.5, 0.6) is 11.5 Å². The van der Waals surface area contributed by atoms with Crippen LogP contribution in [0, 0.1) is 5.92 Å². The number of nitrogens with zero attached hydrogens (tertiary/aromatic N) is 1. The van der Waals surface area contributed by atoms with Crippen molar-refractivity contribution < 1.29 is 19.0 Å². The Bertz CT molecular complexity index is 919. The molecule has 172 valence electrons. The zero-order valence-corrected chi connectivity index (χ0v) is 19.6. The second kappa shape index (κ2) is 9.95. The lowest BCUT2D eigenvalue weighted by Gasteiger charge is -2.50. The molecular formula is C27H35NO4. The maximum Gasteiger partial charge on any atom is 0.309 e. The molecule has 2 aromatic rings. The zero-order chi connectivity index (χ0) is 22.6. The molecular weight excluding hydrogens is 402 g/mol. The Labute approximate surface area is 191 Å². The number of benzene rings is 2. The van der Waals surface area contributed by atoms with E-state index in [4.69, 9.17) is 14.2 Å². The first-order valence-corrected chi connectivity index (χ1v) is 11.9. The summed E-state index contributed by atoms with van der Waals surface area (Å²) in [4.78, 5) is 15.2. The predicted molar refractivity (Wildman–Crippen MR) is 125 cm³/mol. The minimum atomic E-state index is -0.0657. The molecule has 1 spiro atoms. The third kappa shape index (κ3) is 4.49. The lowest BCUT2D eigenvalue weighted by atomic mass is 9.68. The van der Waals surface area contributed by atoms with E-state index < -0.39 is 0 Å². The fourth-order valence-corrected chi connectivity index (χ4v) is 5.32. The summed E-state index contributed by atoms with van der Waals surface area (Å²) in [5, 5.41) is 0. The van der Waals surface area contributed by atoms with Gasteiger partial charge in [0.15, 0.2) is 11.5 Å². The molecule has 0 unspecified atom stereocenters. The van der Waals surface area contributed by atoms with Crippen molar-refractivity contribution in [2.45, 2.75) is 58.1 Å². The zero-order valence-electron chi connectivity index (χ0n) is 19.6. The molecule has 0 radical (unpaired) electrons. The maximum atomic E-state index is 12.8. The molecule has 0 atom stereocenters. The SMILES string of the molecule is CCOc1cc2c(cc1OCC)C1(CCC(C(=O)OCc3ccccc3)CC1)N(C)CC2. The van der Waals surface area contributed by atoms with Crippen LogP contribution in [-0.4, -0.2) is 37.7 Å². The van der Waals surface area contributed by atoms with E-state index in [9.17, 15) is 4.79 Å². The molecule has 1 heterocycles. The highest BCUT2D eigenvalue weighted by Gasteiger charge is 2.45. The van der Waals surface area contributed by atoms with Gasteiger partial charge in [-0.1, -0.05) is 30.3 Å². The van der Waals surface area contributed by atoms with Crippen molar-refractivity contribution in [3.05, 3.63) is 59.2 Å². The molecule has 4 rings (SSSR count). The number of hydrogen-bond acceptors (Lipinski definition) is 5. The van der Waals surface area contributed by atoms with E-state index in [1.54, 1.807) is 0 Å². The van der Waals surface area contributed by atoms with Crippen LogP contribution in [-0.2, 0) is 28.1 Å². The van der Waals surface area contributed by atoms with Gasteiger partial charge in [0.1, 0.15) is 6.61 Å². The van der Waals surface area contributed by atoms with Crippen LogP contribution in [0.25, 0.3) is 0 Å². The van der Waals surface area contributed by atoms with Gasteiger partial charge in [-0.2, -0.15) is 0 Å². The van der Waals surface area contributed by atoms with Gasteiger partial charge in [-0.25, -0.2) is 0 Å². The molecule has 0 bridgehead atoms. The standard InChI is InChI=1S/C27H35NO4/c1-4-30-24-17-22-13-16-28(3)27(23(22)18-25(24)31-5-2)14-11-21(12-15-27)26(29)32-19-20-9-7-6-8-10-20/h6-10,17-18,21H,4-5,11-16,19H2,1-3H3. The lowest BCUT2D eigenvalue weighted by Crippen LogP contribution is -2.51. The Morgan fingerprint density at radius 1 is 1.03 bits per heavy atom. The van der Waals surface area contributed by atoms with Crippen molar-refractivity contribution in [1.29, 1.82) is 0 Å². The highest BCUT2D eigenvalue weighted by Crippen LogP contribution is 2.49. The van der Waals surface area contributed by atoms with Gasteiger partial charge in [-0.3, -0.25) is 9.69 Å². The number of fused-ring (bicyclic) bond motifs is 2. The van der Waals surface area contributed by atoms with Crippen molar-refractivity contribution in [3.63, 3.8) is 0 Å². The average Bonchev–Trinajstić information content (AvgIpc) is 2.82. The van der Waals surface area contributed by atoms with Gasteiger partial charge in [-0.15, -0.1) is 0 Å². The summed E-state index contributed by atoms with van der Waals surface area (Å²) < 4.78 is 17.5. The van der Waals surface area contributed by atoms with Crippen LogP contribution in [0.3, 0.4) is 0 Å².